The number of hydrogen-bond acceptors (Lipinski definition) is 4. The summed E-state index contributed by atoms with van der Waals surface area (Å²) in [5.41, 5.74) is 1.61. The molecule has 4 heteroatoms. The Bertz CT molecular complexity index is 603. The normalized spacial score (nSPS) is 9.89. The van der Waals surface area contributed by atoms with E-state index in [0.717, 1.165) is 16.2 Å². The van der Waals surface area contributed by atoms with E-state index in [9.17, 15) is 5.11 Å². The zero-order valence-electron chi connectivity index (χ0n) is 10.5. The molecule has 0 spiro atoms. The zero-order chi connectivity index (χ0) is 13.7. The molecule has 2 aromatic carbocycles. The molecule has 0 aromatic heterocycles. The lowest BCUT2D eigenvalue weighted by Gasteiger charge is -2.08. The van der Waals surface area contributed by atoms with Gasteiger partial charge in [0.15, 0.2) is 0 Å². The maximum atomic E-state index is 9.23. The molecule has 0 unspecified atom stereocenters. The standard InChI is InChI=1S/C15H13NO2S/c1-18-15-7-2-11(9-16)8-12(15)10-19-14-5-3-13(17)4-6-14/h2-8,17H,10H2,1H3. The van der Waals surface area contributed by atoms with Gasteiger partial charge >= 0.3 is 0 Å². The van der Waals surface area contributed by atoms with E-state index in [4.69, 9.17) is 10.00 Å². The van der Waals surface area contributed by atoms with Crippen LogP contribution in [0.4, 0.5) is 0 Å². The number of nitriles is 1. The molecule has 0 heterocycles. The van der Waals surface area contributed by atoms with Crippen molar-refractivity contribution >= 4 is 11.8 Å². The summed E-state index contributed by atoms with van der Waals surface area (Å²) in [6, 6.07) is 14.6. The number of ether oxygens (including phenoxy) is 1. The van der Waals surface area contributed by atoms with E-state index in [-0.39, 0.29) is 5.75 Å². The van der Waals surface area contributed by atoms with Crippen molar-refractivity contribution in [3.8, 4) is 17.6 Å². The SMILES string of the molecule is COc1ccc(C#N)cc1CSc1ccc(O)cc1. The average molecular weight is 271 g/mol. The van der Waals surface area contributed by atoms with E-state index in [0.29, 0.717) is 11.3 Å². The molecule has 0 aliphatic carbocycles. The number of benzene rings is 2. The van der Waals surface area contributed by atoms with Gasteiger partial charge in [-0.25, -0.2) is 0 Å². The molecule has 96 valence electrons. The second kappa shape index (κ2) is 6.17. The maximum Gasteiger partial charge on any atom is 0.122 e. The van der Waals surface area contributed by atoms with Gasteiger partial charge in [-0.2, -0.15) is 5.26 Å². The van der Waals surface area contributed by atoms with Crippen LogP contribution >= 0.6 is 11.8 Å². The second-order valence-electron chi connectivity index (χ2n) is 3.92. The van der Waals surface area contributed by atoms with Gasteiger partial charge in [0.05, 0.1) is 18.7 Å². The van der Waals surface area contributed by atoms with Crippen LogP contribution in [0, 0.1) is 11.3 Å². The lowest BCUT2D eigenvalue weighted by atomic mass is 10.1. The fraction of sp³-hybridized carbons (Fsp3) is 0.133. The first-order valence-corrected chi connectivity index (χ1v) is 6.70. The minimum Gasteiger partial charge on any atom is -0.508 e. The highest BCUT2D eigenvalue weighted by Crippen LogP contribution is 2.29. The number of nitrogens with zero attached hydrogens (tertiary/aromatic N) is 1. The predicted molar refractivity (Wildman–Crippen MR) is 75.4 cm³/mol. The van der Waals surface area contributed by atoms with Crippen LogP contribution in [0.3, 0.4) is 0 Å². The van der Waals surface area contributed by atoms with Gasteiger partial charge < -0.3 is 9.84 Å². The Balaban J connectivity index is 2.14. The number of phenols is 1. The van der Waals surface area contributed by atoms with Crippen molar-refractivity contribution < 1.29 is 9.84 Å². The minimum atomic E-state index is 0.258. The van der Waals surface area contributed by atoms with Crippen LogP contribution in [-0.2, 0) is 5.75 Å². The molecule has 3 nitrogen and oxygen atoms in total. The number of methoxy groups -OCH3 is 1. The Labute approximate surface area is 116 Å². The van der Waals surface area contributed by atoms with Crippen LogP contribution < -0.4 is 4.74 Å². The summed E-state index contributed by atoms with van der Waals surface area (Å²) in [4.78, 5) is 1.06. The number of phenolic OH excluding ortho intramolecular Hbond substituents is 1. The van der Waals surface area contributed by atoms with E-state index in [1.54, 1.807) is 37.1 Å². The van der Waals surface area contributed by atoms with Crippen molar-refractivity contribution in [3.05, 3.63) is 53.6 Å². The number of rotatable bonds is 4. The van der Waals surface area contributed by atoms with Gasteiger partial charge in [0.2, 0.25) is 0 Å². The van der Waals surface area contributed by atoms with Crippen LogP contribution in [0.15, 0.2) is 47.4 Å². The summed E-state index contributed by atoms with van der Waals surface area (Å²) in [5.74, 6) is 1.75. The maximum absolute atomic E-state index is 9.23. The molecule has 0 aliphatic heterocycles. The van der Waals surface area contributed by atoms with Crippen LogP contribution in [0.2, 0.25) is 0 Å². The Hall–Kier alpha value is -2.12. The molecule has 0 saturated carbocycles. The summed E-state index contributed by atoms with van der Waals surface area (Å²) in [5, 5.41) is 18.1. The van der Waals surface area contributed by atoms with Crippen LogP contribution in [0.1, 0.15) is 11.1 Å². The molecular weight excluding hydrogens is 258 g/mol. The first kappa shape index (κ1) is 13.3. The predicted octanol–water partition coefficient (Wildman–Crippen LogP) is 3.56. The minimum absolute atomic E-state index is 0.258. The third-order valence-corrected chi connectivity index (χ3v) is 3.70. The highest BCUT2D eigenvalue weighted by Gasteiger charge is 2.05. The van der Waals surface area contributed by atoms with Gasteiger partial charge in [-0.15, -0.1) is 11.8 Å². The zero-order valence-corrected chi connectivity index (χ0v) is 11.3. The number of aromatic hydroxyl groups is 1. The number of hydrogen-bond donors (Lipinski definition) is 1. The topological polar surface area (TPSA) is 53.2 Å². The molecular formula is C15H13NO2S. The lowest BCUT2D eigenvalue weighted by Crippen LogP contribution is -1.91. The van der Waals surface area contributed by atoms with Gasteiger partial charge in [-0.3, -0.25) is 0 Å². The smallest absolute Gasteiger partial charge is 0.122 e. The molecule has 0 fully saturated rings. The fourth-order valence-corrected chi connectivity index (χ4v) is 2.54. The average Bonchev–Trinajstić information content (AvgIpc) is 2.46. The molecule has 2 aromatic rings. The molecule has 1 N–H and O–H groups in total. The monoisotopic (exact) mass is 271 g/mol. The Morgan fingerprint density at radius 3 is 2.58 bits per heavy atom. The summed E-state index contributed by atoms with van der Waals surface area (Å²) in [6.45, 7) is 0. The van der Waals surface area contributed by atoms with Gasteiger partial charge in [-0.1, -0.05) is 0 Å². The molecule has 0 atom stereocenters. The first-order chi connectivity index (χ1) is 9.22. The molecule has 19 heavy (non-hydrogen) atoms. The molecule has 0 saturated heterocycles. The Kier molecular flexibility index (Phi) is 4.32. The summed E-state index contributed by atoms with van der Waals surface area (Å²) in [6.07, 6.45) is 0. The summed E-state index contributed by atoms with van der Waals surface area (Å²) < 4.78 is 5.29. The molecule has 0 aliphatic rings. The fourth-order valence-electron chi connectivity index (χ4n) is 1.66. The highest BCUT2D eigenvalue weighted by molar-refractivity contribution is 7.98. The molecule has 0 amide bonds. The quantitative estimate of drug-likeness (QED) is 0.864. The second-order valence-corrected chi connectivity index (χ2v) is 4.97. The van der Waals surface area contributed by atoms with E-state index < -0.39 is 0 Å². The van der Waals surface area contributed by atoms with Crippen molar-refractivity contribution in [2.45, 2.75) is 10.6 Å². The number of thioether (sulfide) groups is 1. The van der Waals surface area contributed by atoms with E-state index >= 15 is 0 Å². The van der Waals surface area contributed by atoms with Crippen LogP contribution in [0.5, 0.6) is 11.5 Å². The van der Waals surface area contributed by atoms with Gasteiger partial charge in [0.25, 0.3) is 0 Å². The lowest BCUT2D eigenvalue weighted by molar-refractivity contribution is 0.411. The highest BCUT2D eigenvalue weighted by atomic mass is 32.2. The van der Waals surface area contributed by atoms with Crippen molar-refractivity contribution in [1.29, 1.82) is 5.26 Å². The van der Waals surface area contributed by atoms with Crippen molar-refractivity contribution in [2.24, 2.45) is 0 Å². The van der Waals surface area contributed by atoms with E-state index in [1.165, 1.54) is 0 Å². The Morgan fingerprint density at radius 2 is 1.95 bits per heavy atom. The molecule has 0 radical (unpaired) electrons. The third kappa shape index (κ3) is 3.43. The summed E-state index contributed by atoms with van der Waals surface area (Å²) >= 11 is 1.63. The van der Waals surface area contributed by atoms with Crippen molar-refractivity contribution in [3.63, 3.8) is 0 Å². The largest absolute Gasteiger partial charge is 0.508 e. The molecule has 0 bridgehead atoms. The van der Waals surface area contributed by atoms with Gasteiger partial charge in [-0.05, 0) is 42.5 Å². The van der Waals surface area contributed by atoms with Gasteiger partial charge in [0, 0.05) is 16.2 Å². The van der Waals surface area contributed by atoms with Crippen molar-refractivity contribution in [1.82, 2.24) is 0 Å². The summed E-state index contributed by atoms with van der Waals surface area (Å²) in [7, 11) is 1.62. The van der Waals surface area contributed by atoms with Gasteiger partial charge in [0.1, 0.15) is 11.5 Å². The van der Waals surface area contributed by atoms with Crippen molar-refractivity contribution in [2.75, 3.05) is 7.11 Å². The van der Waals surface area contributed by atoms with Crippen LogP contribution in [-0.4, -0.2) is 12.2 Å². The van der Waals surface area contributed by atoms with E-state index in [1.807, 2.05) is 24.3 Å². The Morgan fingerprint density at radius 1 is 1.21 bits per heavy atom. The first-order valence-electron chi connectivity index (χ1n) is 5.72. The van der Waals surface area contributed by atoms with Crippen LogP contribution in [0.25, 0.3) is 0 Å². The molecule has 2 rings (SSSR count). The third-order valence-electron chi connectivity index (χ3n) is 2.64. The van der Waals surface area contributed by atoms with E-state index in [2.05, 4.69) is 6.07 Å².